The number of nitrogens with zero attached hydrogens (tertiary/aromatic N) is 3. The number of morpholine rings is 1. The van der Waals surface area contributed by atoms with Crippen LogP contribution < -0.4 is 4.90 Å². The molecular weight excluding hydrogens is 512 g/mol. The number of alkyl halides is 6. The molecule has 2 aliphatic heterocycles. The first-order valence-corrected chi connectivity index (χ1v) is 11.7. The zero-order valence-electron chi connectivity index (χ0n) is 20.4. The van der Waals surface area contributed by atoms with Gasteiger partial charge >= 0.3 is 24.5 Å². The van der Waals surface area contributed by atoms with Crippen LogP contribution >= 0.6 is 0 Å². The predicted molar refractivity (Wildman–Crippen MR) is 119 cm³/mol. The van der Waals surface area contributed by atoms with Gasteiger partial charge in [-0.1, -0.05) is 6.07 Å². The molecule has 0 aliphatic carbocycles. The maximum Gasteiger partial charge on any atom is 0.425 e. The number of piperidine rings is 1. The van der Waals surface area contributed by atoms with E-state index in [2.05, 4.69) is 4.74 Å². The second kappa shape index (κ2) is 10.8. The summed E-state index contributed by atoms with van der Waals surface area (Å²) in [6, 6.07) is 3.17. The summed E-state index contributed by atoms with van der Waals surface area (Å²) in [5.74, 6) is 0. The summed E-state index contributed by atoms with van der Waals surface area (Å²) in [6.45, 7) is 3.35. The van der Waals surface area contributed by atoms with E-state index in [0.717, 1.165) is 21.9 Å². The molecule has 208 valence electrons. The van der Waals surface area contributed by atoms with Crippen LogP contribution in [0.5, 0.6) is 0 Å². The molecule has 2 saturated heterocycles. The molecule has 0 aromatic heterocycles. The molecule has 8 nitrogen and oxygen atoms in total. The number of hydrogen-bond donors (Lipinski definition) is 1. The Bertz CT molecular complexity index is 973. The molecule has 1 aromatic rings. The standard InChI is InChI=1S/C23H29F6N3O5/c1-15(22(24,25)26)37-20(35)31-7-5-21(2,6-8-31)32(19(33)34)14-16-3-4-17(23(27,28)29)13-18(16)30-9-11-36-12-10-30/h3-4,13,15H,5-12,14H2,1-2H3,(H,33,34). The van der Waals surface area contributed by atoms with Gasteiger partial charge in [0.05, 0.1) is 25.3 Å². The molecule has 2 aliphatic rings. The zero-order chi connectivity index (χ0) is 27.6. The highest BCUT2D eigenvalue weighted by molar-refractivity contribution is 5.69. The molecule has 1 unspecified atom stereocenters. The number of carbonyl (C=O) groups is 2. The number of rotatable bonds is 5. The smallest absolute Gasteiger partial charge is 0.425 e. The Morgan fingerprint density at radius 2 is 1.70 bits per heavy atom. The van der Waals surface area contributed by atoms with E-state index >= 15 is 0 Å². The van der Waals surface area contributed by atoms with Gasteiger partial charge in [-0.25, -0.2) is 9.59 Å². The van der Waals surface area contributed by atoms with E-state index in [4.69, 9.17) is 4.74 Å². The van der Waals surface area contributed by atoms with E-state index in [0.29, 0.717) is 38.8 Å². The van der Waals surface area contributed by atoms with Gasteiger partial charge in [-0.2, -0.15) is 26.3 Å². The molecule has 3 rings (SSSR count). The van der Waals surface area contributed by atoms with Crippen LogP contribution in [0.4, 0.5) is 41.6 Å². The fourth-order valence-electron chi connectivity index (χ4n) is 4.37. The van der Waals surface area contributed by atoms with Crippen LogP contribution in [0.25, 0.3) is 0 Å². The van der Waals surface area contributed by atoms with Crippen molar-refractivity contribution in [2.45, 2.75) is 57.2 Å². The molecule has 14 heteroatoms. The molecule has 2 amide bonds. The van der Waals surface area contributed by atoms with Crippen LogP contribution in [0, 0.1) is 0 Å². The van der Waals surface area contributed by atoms with Crippen LogP contribution in [0.2, 0.25) is 0 Å². The highest BCUT2D eigenvalue weighted by Crippen LogP contribution is 2.37. The van der Waals surface area contributed by atoms with Crippen LogP contribution in [0.1, 0.15) is 37.8 Å². The summed E-state index contributed by atoms with van der Waals surface area (Å²) >= 11 is 0. The topological polar surface area (TPSA) is 82.5 Å². The number of benzene rings is 1. The number of carbonyl (C=O) groups excluding carboxylic acids is 1. The molecule has 0 saturated carbocycles. The number of amides is 2. The van der Waals surface area contributed by atoms with Gasteiger partial charge < -0.3 is 24.4 Å². The second-order valence-corrected chi connectivity index (χ2v) is 9.36. The maximum absolute atomic E-state index is 13.4. The Morgan fingerprint density at radius 1 is 1.11 bits per heavy atom. The van der Waals surface area contributed by atoms with Crippen molar-refractivity contribution >= 4 is 17.9 Å². The summed E-state index contributed by atoms with van der Waals surface area (Å²) in [5, 5.41) is 10.0. The van der Waals surface area contributed by atoms with Crippen LogP contribution in [-0.4, -0.2) is 84.3 Å². The fraction of sp³-hybridized carbons (Fsp3) is 0.652. The number of ether oxygens (including phenoxy) is 2. The number of anilines is 1. The molecule has 37 heavy (non-hydrogen) atoms. The highest BCUT2D eigenvalue weighted by atomic mass is 19.4. The summed E-state index contributed by atoms with van der Waals surface area (Å²) in [5.41, 5.74) is -1.25. The van der Waals surface area contributed by atoms with Crippen molar-refractivity contribution in [3.8, 4) is 0 Å². The quantitative estimate of drug-likeness (QED) is 0.531. The lowest BCUT2D eigenvalue weighted by Gasteiger charge is -2.45. The van der Waals surface area contributed by atoms with Crippen molar-refractivity contribution in [2.24, 2.45) is 0 Å². The molecule has 0 spiro atoms. The van der Waals surface area contributed by atoms with E-state index in [-0.39, 0.29) is 38.2 Å². The van der Waals surface area contributed by atoms with Crippen molar-refractivity contribution in [3.63, 3.8) is 0 Å². The Morgan fingerprint density at radius 3 is 2.22 bits per heavy atom. The lowest BCUT2D eigenvalue weighted by atomic mass is 9.87. The Labute approximate surface area is 209 Å². The van der Waals surface area contributed by atoms with Crippen LogP contribution in [0.3, 0.4) is 0 Å². The first kappa shape index (κ1) is 28.7. The maximum atomic E-state index is 13.4. The van der Waals surface area contributed by atoms with E-state index in [1.165, 1.54) is 6.07 Å². The molecular formula is C23H29F6N3O5. The molecule has 2 heterocycles. The van der Waals surface area contributed by atoms with Crippen molar-refractivity contribution in [1.29, 1.82) is 0 Å². The van der Waals surface area contributed by atoms with Gasteiger partial charge in [0.1, 0.15) is 0 Å². The zero-order valence-corrected chi connectivity index (χ0v) is 20.4. The van der Waals surface area contributed by atoms with Crippen molar-refractivity contribution in [2.75, 3.05) is 44.3 Å². The van der Waals surface area contributed by atoms with Gasteiger partial charge in [-0.15, -0.1) is 0 Å². The van der Waals surface area contributed by atoms with Gasteiger partial charge in [-0.3, -0.25) is 4.90 Å². The summed E-state index contributed by atoms with van der Waals surface area (Å²) in [6.07, 6.45) is -13.8. The second-order valence-electron chi connectivity index (χ2n) is 9.36. The number of hydrogen-bond acceptors (Lipinski definition) is 5. The average Bonchev–Trinajstić information content (AvgIpc) is 2.82. The molecule has 1 atom stereocenters. The Kier molecular flexibility index (Phi) is 8.40. The van der Waals surface area contributed by atoms with E-state index < -0.39 is 41.7 Å². The predicted octanol–water partition coefficient (Wildman–Crippen LogP) is 4.96. The van der Waals surface area contributed by atoms with Crippen LogP contribution in [-0.2, 0) is 22.2 Å². The Hall–Kier alpha value is -2.90. The largest absolute Gasteiger partial charge is 0.465 e. The lowest BCUT2D eigenvalue weighted by molar-refractivity contribution is -0.200. The molecule has 2 fully saturated rings. The van der Waals surface area contributed by atoms with Gasteiger partial charge in [0.25, 0.3) is 0 Å². The van der Waals surface area contributed by atoms with E-state index in [1.807, 2.05) is 0 Å². The van der Waals surface area contributed by atoms with E-state index in [9.17, 15) is 41.0 Å². The van der Waals surface area contributed by atoms with Crippen molar-refractivity contribution < 1.29 is 50.5 Å². The first-order valence-electron chi connectivity index (χ1n) is 11.7. The summed E-state index contributed by atoms with van der Waals surface area (Å²) < 4.78 is 88.1. The lowest BCUT2D eigenvalue weighted by Crippen LogP contribution is -2.56. The minimum Gasteiger partial charge on any atom is -0.465 e. The Balaban J connectivity index is 1.79. The number of halogens is 6. The molecule has 0 radical (unpaired) electrons. The molecule has 1 aromatic carbocycles. The molecule has 0 bridgehead atoms. The first-order chi connectivity index (χ1) is 17.1. The third kappa shape index (κ3) is 6.90. The van der Waals surface area contributed by atoms with Crippen LogP contribution in [0.15, 0.2) is 18.2 Å². The van der Waals surface area contributed by atoms with Gasteiger partial charge in [0, 0.05) is 37.4 Å². The monoisotopic (exact) mass is 541 g/mol. The van der Waals surface area contributed by atoms with Crippen molar-refractivity contribution in [1.82, 2.24) is 9.80 Å². The van der Waals surface area contributed by atoms with Gasteiger partial charge in [0.15, 0.2) is 6.10 Å². The highest BCUT2D eigenvalue weighted by Gasteiger charge is 2.43. The third-order valence-corrected chi connectivity index (χ3v) is 6.81. The third-order valence-electron chi connectivity index (χ3n) is 6.81. The summed E-state index contributed by atoms with van der Waals surface area (Å²) in [4.78, 5) is 28.4. The normalized spacial score (nSPS) is 19.4. The minimum absolute atomic E-state index is 0.0486. The SMILES string of the molecule is CC(OC(=O)N1CCC(C)(N(Cc2ccc(C(F)(F)F)cc2N2CCOCC2)C(=O)O)CC1)C(F)(F)F. The minimum atomic E-state index is -4.71. The van der Waals surface area contributed by atoms with Crippen molar-refractivity contribution in [3.05, 3.63) is 29.3 Å². The fourth-order valence-corrected chi connectivity index (χ4v) is 4.37. The molecule has 1 N–H and O–H groups in total. The summed E-state index contributed by atoms with van der Waals surface area (Å²) in [7, 11) is 0. The number of likely N-dealkylation sites (tertiary alicyclic amines) is 1. The van der Waals surface area contributed by atoms with Gasteiger partial charge in [0.2, 0.25) is 0 Å². The average molecular weight is 541 g/mol. The number of carboxylic acid groups (broad SMARTS) is 1. The van der Waals surface area contributed by atoms with Gasteiger partial charge in [-0.05, 0) is 44.4 Å². The van der Waals surface area contributed by atoms with E-state index in [1.54, 1.807) is 11.8 Å².